The summed E-state index contributed by atoms with van der Waals surface area (Å²) in [6.07, 6.45) is 3.99. The standard InChI is InChI=1S/C14H15ClFN3/c1-9-8-18-6-5-11(9)13(19-17)7-10-3-2-4-12(16)14(10)15/h2-6,8,13,19H,7,17H2,1H3. The summed E-state index contributed by atoms with van der Waals surface area (Å²) in [6.45, 7) is 1.96. The molecule has 0 aliphatic heterocycles. The number of nitrogens with one attached hydrogen (secondary N) is 1. The van der Waals surface area contributed by atoms with Crippen molar-refractivity contribution in [2.75, 3.05) is 0 Å². The molecular weight excluding hydrogens is 265 g/mol. The normalized spacial score (nSPS) is 12.4. The predicted molar refractivity (Wildman–Crippen MR) is 74.2 cm³/mol. The lowest BCUT2D eigenvalue weighted by Gasteiger charge is -2.19. The molecule has 1 aromatic heterocycles. The lowest BCUT2D eigenvalue weighted by molar-refractivity contribution is 0.545. The van der Waals surface area contributed by atoms with Crippen molar-refractivity contribution in [3.8, 4) is 0 Å². The topological polar surface area (TPSA) is 50.9 Å². The Balaban J connectivity index is 2.30. The fourth-order valence-electron chi connectivity index (χ4n) is 2.06. The van der Waals surface area contributed by atoms with Crippen LogP contribution in [0.3, 0.4) is 0 Å². The zero-order valence-corrected chi connectivity index (χ0v) is 11.3. The monoisotopic (exact) mass is 279 g/mol. The van der Waals surface area contributed by atoms with E-state index < -0.39 is 5.82 Å². The van der Waals surface area contributed by atoms with Gasteiger partial charge >= 0.3 is 0 Å². The van der Waals surface area contributed by atoms with Gasteiger partial charge in [0, 0.05) is 12.4 Å². The Morgan fingerprint density at radius 3 is 2.89 bits per heavy atom. The van der Waals surface area contributed by atoms with Crippen molar-refractivity contribution >= 4 is 11.6 Å². The van der Waals surface area contributed by atoms with Crippen molar-refractivity contribution in [2.24, 2.45) is 5.84 Å². The minimum atomic E-state index is -0.415. The summed E-state index contributed by atoms with van der Waals surface area (Å²) in [5, 5.41) is 0.148. The van der Waals surface area contributed by atoms with Gasteiger partial charge in [-0.1, -0.05) is 23.7 Å². The largest absolute Gasteiger partial charge is 0.271 e. The Kier molecular flexibility index (Phi) is 4.47. The Morgan fingerprint density at radius 1 is 1.42 bits per heavy atom. The molecule has 0 saturated carbocycles. The molecule has 1 heterocycles. The Bertz CT molecular complexity index is 574. The maximum Gasteiger partial charge on any atom is 0.142 e. The van der Waals surface area contributed by atoms with Crippen molar-refractivity contribution in [3.63, 3.8) is 0 Å². The van der Waals surface area contributed by atoms with Crippen molar-refractivity contribution in [3.05, 3.63) is 64.2 Å². The van der Waals surface area contributed by atoms with Crippen LogP contribution in [0.1, 0.15) is 22.7 Å². The number of aromatic nitrogens is 1. The van der Waals surface area contributed by atoms with Gasteiger partial charge in [-0.25, -0.2) is 4.39 Å². The van der Waals surface area contributed by atoms with Gasteiger partial charge in [0.05, 0.1) is 11.1 Å². The van der Waals surface area contributed by atoms with Gasteiger partial charge in [-0.3, -0.25) is 16.3 Å². The smallest absolute Gasteiger partial charge is 0.142 e. The molecule has 19 heavy (non-hydrogen) atoms. The first-order valence-corrected chi connectivity index (χ1v) is 6.30. The second-order valence-electron chi connectivity index (χ2n) is 4.37. The summed E-state index contributed by atoms with van der Waals surface area (Å²) < 4.78 is 13.4. The first-order valence-electron chi connectivity index (χ1n) is 5.93. The van der Waals surface area contributed by atoms with E-state index in [0.29, 0.717) is 6.42 Å². The molecule has 0 spiro atoms. The quantitative estimate of drug-likeness (QED) is 0.668. The van der Waals surface area contributed by atoms with E-state index in [-0.39, 0.29) is 11.1 Å². The number of halogens is 2. The van der Waals surface area contributed by atoms with Gasteiger partial charge in [0.2, 0.25) is 0 Å². The highest BCUT2D eigenvalue weighted by molar-refractivity contribution is 6.31. The second-order valence-corrected chi connectivity index (χ2v) is 4.75. The number of hydrogen-bond donors (Lipinski definition) is 2. The highest BCUT2D eigenvalue weighted by atomic mass is 35.5. The molecule has 0 aliphatic carbocycles. The van der Waals surface area contributed by atoms with Crippen LogP contribution >= 0.6 is 11.6 Å². The van der Waals surface area contributed by atoms with Gasteiger partial charge in [0.25, 0.3) is 0 Å². The van der Waals surface area contributed by atoms with Crippen LogP contribution in [-0.2, 0) is 6.42 Å². The summed E-state index contributed by atoms with van der Waals surface area (Å²) in [5.74, 6) is 5.19. The zero-order valence-electron chi connectivity index (χ0n) is 10.5. The highest BCUT2D eigenvalue weighted by Gasteiger charge is 2.15. The number of nitrogens with two attached hydrogens (primary N) is 1. The Morgan fingerprint density at radius 2 is 2.21 bits per heavy atom. The van der Waals surface area contributed by atoms with Crippen LogP contribution < -0.4 is 11.3 Å². The van der Waals surface area contributed by atoms with Gasteiger partial charge in [-0.05, 0) is 42.2 Å². The third-order valence-corrected chi connectivity index (χ3v) is 3.52. The maximum absolute atomic E-state index is 13.4. The summed E-state index contributed by atoms with van der Waals surface area (Å²) in [6, 6.07) is 6.54. The average Bonchev–Trinajstić information content (AvgIpc) is 2.41. The number of rotatable bonds is 4. The van der Waals surface area contributed by atoms with Crippen LogP contribution in [0.2, 0.25) is 5.02 Å². The van der Waals surface area contributed by atoms with Crippen LogP contribution in [0, 0.1) is 12.7 Å². The third-order valence-electron chi connectivity index (χ3n) is 3.10. The minimum Gasteiger partial charge on any atom is -0.271 e. The van der Waals surface area contributed by atoms with Crippen LogP contribution in [0.25, 0.3) is 0 Å². The fraction of sp³-hybridized carbons (Fsp3) is 0.214. The molecule has 1 aromatic carbocycles. The molecule has 0 amide bonds. The Labute approximate surface area is 116 Å². The van der Waals surface area contributed by atoms with Crippen LogP contribution in [-0.4, -0.2) is 4.98 Å². The summed E-state index contributed by atoms with van der Waals surface area (Å²) >= 11 is 5.97. The molecule has 3 nitrogen and oxygen atoms in total. The molecule has 0 radical (unpaired) electrons. The fourth-order valence-corrected chi connectivity index (χ4v) is 2.26. The van der Waals surface area contributed by atoms with Gasteiger partial charge < -0.3 is 0 Å². The lowest BCUT2D eigenvalue weighted by Crippen LogP contribution is -2.30. The van der Waals surface area contributed by atoms with Crippen molar-refractivity contribution in [1.82, 2.24) is 10.4 Å². The summed E-state index contributed by atoms with van der Waals surface area (Å²) in [5.41, 5.74) is 5.52. The van der Waals surface area contributed by atoms with E-state index in [2.05, 4.69) is 10.4 Å². The second kappa shape index (κ2) is 6.10. The lowest BCUT2D eigenvalue weighted by atomic mass is 9.97. The third kappa shape index (κ3) is 3.10. The molecule has 1 unspecified atom stereocenters. The molecule has 3 N–H and O–H groups in total. The zero-order chi connectivity index (χ0) is 13.8. The predicted octanol–water partition coefficient (Wildman–Crippen LogP) is 2.93. The van der Waals surface area contributed by atoms with Crippen molar-refractivity contribution in [1.29, 1.82) is 0 Å². The highest BCUT2D eigenvalue weighted by Crippen LogP contribution is 2.26. The van der Waals surface area contributed by atoms with Crippen LogP contribution in [0.4, 0.5) is 4.39 Å². The molecule has 1 atom stereocenters. The number of hydrazine groups is 1. The van der Waals surface area contributed by atoms with E-state index in [0.717, 1.165) is 16.7 Å². The SMILES string of the molecule is Cc1cnccc1C(Cc1cccc(F)c1Cl)NN. The molecular formula is C14H15ClFN3. The van der Waals surface area contributed by atoms with Gasteiger partial charge in [-0.2, -0.15) is 0 Å². The molecule has 5 heteroatoms. The van der Waals surface area contributed by atoms with Crippen molar-refractivity contribution in [2.45, 2.75) is 19.4 Å². The van der Waals surface area contributed by atoms with E-state index in [9.17, 15) is 4.39 Å². The number of benzene rings is 1. The minimum absolute atomic E-state index is 0.137. The number of nitrogens with zero attached hydrogens (tertiary/aromatic N) is 1. The molecule has 0 bridgehead atoms. The van der Waals surface area contributed by atoms with Crippen LogP contribution in [0.5, 0.6) is 0 Å². The van der Waals surface area contributed by atoms with Gasteiger partial charge in [-0.15, -0.1) is 0 Å². The van der Waals surface area contributed by atoms with E-state index >= 15 is 0 Å². The molecule has 2 rings (SSSR count). The van der Waals surface area contributed by atoms with Gasteiger partial charge in [0.15, 0.2) is 0 Å². The van der Waals surface area contributed by atoms with Crippen molar-refractivity contribution < 1.29 is 4.39 Å². The van der Waals surface area contributed by atoms with E-state index in [4.69, 9.17) is 17.4 Å². The van der Waals surface area contributed by atoms with E-state index in [1.54, 1.807) is 24.5 Å². The average molecular weight is 280 g/mol. The Hall–Kier alpha value is -1.49. The molecule has 2 aromatic rings. The van der Waals surface area contributed by atoms with Crippen LogP contribution in [0.15, 0.2) is 36.7 Å². The number of hydrogen-bond acceptors (Lipinski definition) is 3. The molecule has 0 fully saturated rings. The van der Waals surface area contributed by atoms with E-state index in [1.165, 1.54) is 6.07 Å². The van der Waals surface area contributed by atoms with Gasteiger partial charge in [0.1, 0.15) is 5.82 Å². The first-order chi connectivity index (χ1) is 9.13. The first kappa shape index (κ1) is 13.9. The number of pyridine rings is 1. The number of aryl methyl sites for hydroxylation is 1. The molecule has 100 valence electrons. The molecule has 0 aliphatic rings. The summed E-state index contributed by atoms with van der Waals surface area (Å²) in [7, 11) is 0. The van der Waals surface area contributed by atoms with E-state index in [1.807, 2.05) is 13.0 Å². The summed E-state index contributed by atoms with van der Waals surface area (Å²) in [4.78, 5) is 4.05. The molecule has 0 saturated heterocycles. The maximum atomic E-state index is 13.4.